The first-order valence-corrected chi connectivity index (χ1v) is 5.81. The number of hydrogen-bond donors (Lipinski definition) is 0. The molecule has 0 fully saturated rings. The highest BCUT2D eigenvalue weighted by Gasteiger charge is 2.07. The second-order valence-electron chi connectivity index (χ2n) is 3.80. The fraction of sp³-hybridized carbons (Fsp3) is 0.154. The number of halogens is 1. The van der Waals surface area contributed by atoms with Gasteiger partial charge in [0, 0.05) is 29.3 Å². The third-order valence-electron chi connectivity index (χ3n) is 2.61. The second-order valence-corrected chi connectivity index (χ2v) is 4.65. The van der Waals surface area contributed by atoms with Crippen molar-refractivity contribution in [2.45, 2.75) is 6.92 Å². The van der Waals surface area contributed by atoms with Crippen LogP contribution in [0.4, 0.5) is 0 Å². The van der Waals surface area contributed by atoms with Crippen molar-refractivity contribution in [2.75, 3.05) is 0 Å². The van der Waals surface area contributed by atoms with Gasteiger partial charge in [0.1, 0.15) is 0 Å². The van der Waals surface area contributed by atoms with Gasteiger partial charge in [0.15, 0.2) is 0 Å². The number of benzene rings is 1. The van der Waals surface area contributed by atoms with E-state index >= 15 is 0 Å². The van der Waals surface area contributed by atoms with E-state index in [-0.39, 0.29) is 5.56 Å². The van der Waals surface area contributed by atoms with Crippen LogP contribution in [-0.4, -0.2) is 4.57 Å². The van der Waals surface area contributed by atoms with Crippen LogP contribution in [-0.2, 0) is 7.05 Å². The Morgan fingerprint density at radius 3 is 2.56 bits per heavy atom. The minimum absolute atomic E-state index is 0.00999. The Hall–Kier alpha value is -1.35. The Morgan fingerprint density at radius 1 is 1.19 bits per heavy atom. The van der Waals surface area contributed by atoms with Crippen molar-refractivity contribution in [2.24, 2.45) is 7.05 Å². The molecule has 2 nitrogen and oxygen atoms in total. The van der Waals surface area contributed by atoms with Crippen molar-refractivity contribution < 1.29 is 0 Å². The fourth-order valence-corrected chi connectivity index (χ4v) is 2.19. The molecule has 1 aromatic carbocycles. The van der Waals surface area contributed by atoms with Gasteiger partial charge in [-0.05, 0) is 34.0 Å². The van der Waals surface area contributed by atoms with Gasteiger partial charge in [0.2, 0.25) is 0 Å². The topological polar surface area (TPSA) is 22.0 Å². The zero-order chi connectivity index (χ0) is 11.7. The van der Waals surface area contributed by atoms with Gasteiger partial charge >= 0.3 is 0 Å². The molecule has 1 heterocycles. The molecule has 1 aromatic heterocycles. The van der Waals surface area contributed by atoms with Crippen molar-refractivity contribution in [3.8, 4) is 11.1 Å². The van der Waals surface area contributed by atoms with Crippen LogP contribution in [0.2, 0.25) is 0 Å². The van der Waals surface area contributed by atoms with E-state index in [4.69, 9.17) is 0 Å². The summed E-state index contributed by atoms with van der Waals surface area (Å²) in [5, 5.41) is 0. The van der Waals surface area contributed by atoms with Crippen LogP contribution >= 0.6 is 15.9 Å². The zero-order valence-corrected chi connectivity index (χ0v) is 10.8. The van der Waals surface area contributed by atoms with Crippen LogP contribution in [0.3, 0.4) is 0 Å². The summed E-state index contributed by atoms with van der Waals surface area (Å²) in [4.78, 5) is 11.4. The number of aryl methyl sites for hydroxylation is 2. The molecule has 0 N–H and O–H groups in total. The molecular formula is C13H12BrNO. The van der Waals surface area contributed by atoms with E-state index in [9.17, 15) is 4.79 Å². The van der Waals surface area contributed by atoms with Gasteiger partial charge in [-0.2, -0.15) is 0 Å². The first kappa shape index (κ1) is 11.1. The van der Waals surface area contributed by atoms with E-state index in [0.29, 0.717) is 0 Å². The molecule has 0 unspecified atom stereocenters. The molecule has 0 spiro atoms. The minimum atomic E-state index is -0.00999. The van der Waals surface area contributed by atoms with Crippen molar-refractivity contribution in [1.29, 1.82) is 0 Å². The lowest BCUT2D eigenvalue weighted by atomic mass is 10.0. The lowest BCUT2D eigenvalue weighted by Crippen LogP contribution is -2.14. The molecule has 2 aromatic rings. The Bertz CT molecular complexity index is 587. The van der Waals surface area contributed by atoms with Gasteiger partial charge in [0.05, 0.1) is 0 Å². The third-order valence-corrected chi connectivity index (χ3v) is 3.27. The van der Waals surface area contributed by atoms with Gasteiger partial charge in [-0.15, -0.1) is 0 Å². The maximum Gasteiger partial charge on any atom is 0.251 e. The largest absolute Gasteiger partial charge is 0.318 e. The summed E-state index contributed by atoms with van der Waals surface area (Å²) >= 11 is 3.44. The van der Waals surface area contributed by atoms with Gasteiger partial charge in [-0.3, -0.25) is 4.79 Å². The maximum atomic E-state index is 11.4. The van der Waals surface area contributed by atoms with E-state index in [1.807, 2.05) is 18.3 Å². The van der Waals surface area contributed by atoms with Crippen LogP contribution in [0.25, 0.3) is 11.1 Å². The van der Waals surface area contributed by atoms with Crippen LogP contribution in [0.15, 0.2) is 45.8 Å². The van der Waals surface area contributed by atoms with E-state index in [1.54, 1.807) is 17.7 Å². The zero-order valence-electron chi connectivity index (χ0n) is 9.20. The number of nitrogens with zero attached hydrogens (tertiary/aromatic N) is 1. The van der Waals surface area contributed by atoms with Crippen LogP contribution in [0.5, 0.6) is 0 Å². The molecule has 0 aliphatic rings. The average Bonchev–Trinajstić information content (AvgIpc) is 2.25. The standard InChI is InChI=1S/C13H12BrNO/c1-9-5-3-4-6-10(9)11-8-15(2)13(16)7-12(11)14/h3-8H,1-2H3. The highest BCUT2D eigenvalue weighted by Crippen LogP contribution is 2.28. The maximum absolute atomic E-state index is 11.4. The van der Waals surface area contributed by atoms with Crippen molar-refractivity contribution in [1.82, 2.24) is 4.57 Å². The molecule has 0 saturated carbocycles. The molecule has 0 saturated heterocycles. The molecule has 82 valence electrons. The Morgan fingerprint density at radius 2 is 1.88 bits per heavy atom. The number of aromatic nitrogens is 1. The summed E-state index contributed by atoms with van der Waals surface area (Å²) in [6.07, 6.45) is 1.86. The Labute approximate surface area is 103 Å². The normalized spacial score (nSPS) is 10.4. The minimum Gasteiger partial charge on any atom is -0.318 e. The second kappa shape index (κ2) is 4.26. The van der Waals surface area contributed by atoms with Crippen LogP contribution in [0.1, 0.15) is 5.56 Å². The molecule has 2 rings (SSSR count). The molecule has 0 atom stereocenters. The molecule has 3 heteroatoms. The monoisotopic (exact) mass is 277 g/mol. The predicted octanol–water partition coefficient (Wildman–Crippen LogP) is 3.12. The Kier molecular flexibility index (Phi) is 2.97. The first-order valence-electron chi connectivity index (χ1n) is 5.02. The molecule has 0 radical (unpaired) electrons. The molecule has 0 aliphatic heterocycles. The van der Waals surface area contributed by atoms with E-state index < -0.39 is 0 Å². The summed E-state index contributed by atoms with van der Waals surface area (Å²) in [5.41, 5.74) is 3.37. The first-order chi connectivity index (χ1) is 7.59. The molecule has 0 bridgehead atoms. The molecule has 0 amide bonds. The van der Waals surface area contributed by atoms with Crippen molar-refractivity contribution in [3.63, 3.8) is 0 Å². The van der Waals surface area contributed by atoms with E-state index in [0.717, 1.165) is 15.6 Å². The van der Waals surface area contributed by atoms with Gasteiger partial charge in [0.25, 0.3) is 5.56 Å². The summed E-state index contributed by atoms with van der Waals surface area (Å²) < 4.78 is 2.43. The third kappa shape index (κ3) is 1.95. The fourth-order valence-electron chi connectivity index (χ4n) is 1.68. The quantitative estimate of drug-likeness (QED) is 0.785. The molecule has 16 heavy (non-hydrogen) atoms. The number of hydrogen-bond acceptors (Lipinski definition) is 1. The average molecular weight is 278 g/mol. The summed E-state index contributed by atoms with van der Waals surface area (Å²) in [6, 6.07) is 9.73. The smallest absolute Gasteiger partial charge is 0.251 e. The SMILES string of the molecule is Cc1ccccc1-c1cn(C)c(=O)cc1Br. The van der Waals surface area contributed by atoms with Crippen LogP contribution < -0.4 is 5.56 Å². The lowest BCUT2D eigenvalue weighted by molar-refractivity contribution is 0.860. The Balaban J connectivity index is 2.70. The molecule has 0 aliphatic carbocycles. The van der Waals surface area contributed by atoms with Crippen molar-refractivity contribution in [3.05, 3.63) is 56.9 Å². The van der Waals surface area contributed by atoms with E-state index in [2.05, 4.69) is 35.0 Å². The highest BCUT2D eigenvalue weighted by molar-refractivity contribution is 9.10. The van der Waals surface area contributed by atoms with Crippen LogP contribution in [0, 0.1) is 6.92 Å². The molecular weight excluding hydrogens is 266 g/mol. The number of rotatable bonds is 1. The van der Waals surface area contributed by atoms with Gasteiger partial charge < -0.3 is 4.57 Å². The summed E-state index contributed by atoms with van der Waals surface area (Å²) in [6.45, 7) is 2.06. The predicted molar refractivity (Wildman–Crippen MR) is 69.6 cm³/mol. The summed E-state index contributed by atoms with van der Waals surface area (Å²) in [5.74, 6) is 0. The highest BCUT2D eigenvalue weighted by atomic mass is 79.9. The lowest BCUT2D eigenvalue weighted by Gasteiger charge is -2.09. The number of pyridine rings is 1. The van der Waals surface area contributed by atoms with Gasteiger partial charge in [-0.1, -0.05) is 24.3 Å². The van der Waals surface area contributed by atoms with E-state index in [1.165, 1.54) is 5.56 Å². The van der Waals surface area contributed by atoms with Gasteiger partial charge in [-0.25, -0.2) is 0 Å². The van der Waals surface area contributed by atoms with Crippen molar-refractivity contribution >= 4 is 15.9 Å². The summed E-state index contributed by atoms with van der Waals surface area (Å²) in [7, 11) is 1.76.